The molecule has 0 spiro atoms. The van der Waals surface area contributed by atoms with Gasteiger partial charge in [-0.05, 0) is 17.5 Å². The number of hydrogen-bond acceptors (Lipinski definition) is 1. The van der Waals surface area contributed by atoms with Gasteiger partial charge in [0.2, 0.25) is 0 Å². The first-order chi connectivity index (χ1) is 8.33. The van der Waals surface area contributed by atoms with E-state index in [1.54, 1.807) is 0 Å². The molecule has 0 aliphatic carbocycles. The molecular weight excluding hydrogens is 250 g/mol. The van der Waals surface area contributed by atoms with Crippen LogP contribution in [0.3, 0.4) is 0 Å². The minimum absolute atomic E-state index is 0.858. The van der Waals surface area contributed by atoms with E-state index in [2.05, 4.69) is 28.3 Å². The first-order valence-electron chi connectivity index (χ1n) is 5.71. The Bertz CT molecular complexity index is 571. The second-order valence-electron chi connectivity index (χ2n) is 4.24. The molecule has 0 bridgehead atoms. The molecule has 2 aromatic rings. The van der Waals surface area contributed by atoms with Gasteiger partial charge in [0.25, 0.3) is 0 Å². The molecule has 1 aromatic heterocycles. The van der Waals surface area contributed by atoms with E-state index in [4.69, 9.17) is 11.6 Å². The van der Waals surface area contributed by atoms with Gasteiger partial charge >= 0.3 is 0 Å². The molecule has 0 fully saturated rings. The maximum Gasteiger partial charge on any atom is 0.172 e. The summed E-state index contributed by atoms with van der Waals surface area (Å²) in [6.07, 6.45) is 3.40. The van der Waals surface area contributed by atoms with Crippen molar-refractivity contribution in [1.29, 1.82) is 0 Å². The summed E-state index contributed by atoms with van der Waals surface area (Å²) in [7, 11) is 0. The molecule has 3 heteroatoms. The van der Waals surface area contributed by atoms with Crippen molar-refractivity contribution in [1.82, 2.24) is 0 Å². The average molecular weight is 263 g/mol. The van der Waals surface area contributed by atoms with Crippen LogP contribution in [0, 0.1) is 0 Å². The Morgan fingerprint density at radius 1 is 1.24 bits per heavy atom. The second kappa shape index (κ2) is 4.63. The average Bonchev–Trinajstić information content (AvgIpc) is 2.79. The highest BCUT2D eigenvalue weighted by Crippen LogP contribution is 2.21. The maximum atomic E-state index is 6.18. The van der Waals surface area contributed by atoms with E-state index >= 15 is 0 Å². The molecule has 3 rings (SSSR count). The Morgan fingerprint density at radius 2 is 2.12 bits per heavy atom. The summed E-state index contributed by atoms with van der Waals surface area (Å²) >= 11 is 8.04. The highest BCUT2D eigenvalue weighted by molar-refractivity contribution is 7.10. The van der Waals surface area contributed by atoms with Gasteiger partial charge in [-0.25, -0.2) is 4.58 Å². The number of benzene rings is 1. The van der Waals surface area contributed by atoms with Crippen molar-refractivity contribution < 1.29 is 4.58 Å². The van der Waals surface area contributed by atoms with E-state index in [9.17, 15) is 0 Å². The maximum absolute atomic E-state index is 6.18. The molecule has 0 amide bonds. The summed E-state index contributed by atoms with van der Waals surface area (Å²) in [5.74, 6) is 0. The van der Waals surface area contributed by atoms with E-state index in [-0.39, 0.29) is 0 Å². The van der Waals surface area contributed by atoms with Crippen LogP contribution in [0.4, 0.5) is 0 Å². The van der Waals surface area contributed by atoms with Crippen molar-refractivity contribution in [3.8, 4) is 0 Å². The van der Waals surface area contributed by atoms with Gasteiger partial charge in [0, 0.05) is 16.9 Å². The number of halogens is 1. The fraction of sp³-hybridized carbons (Fsp3) is 0.214. The monoisotopic (exact) mass is 262 g/mol. The Labute approximate surface area is 110 Å². The van der Waals surface area contributed by atoms with E-state index in [1.165, 1.54) is 16.0 Å². The highest BCUT2D eigenvalue weighted by atomic mass is 35.5. The van der Waals surface area contributed by atoms with Crippen molar-refractivity contribution in [2.75, 3.05) is 6.54 Å². The van der Waals surface area contributed by atoms with Gasteiger partial charge in [-0.1, -0.05) is 29.8 Å². The van der Waals surface area contributed by atoms with Crippen molar-refractivity contribution in [3.05, 3.63) is 56.7 Å². The Hall–Kier alpha value is -1.12. The van der Waals surface area contributed by atoms with Crippen molar-refractivity contribution in [2.24, 2.45) is 0 Å². The fourth-order valence-corrected chi connectivity index (χ4v) is 3.19. The number of hydrogen-bond donors (Lipinski definition) is 0. The molecule has 1 aliphatic rings. The van der Waals surface area contributed by atoms with Crippen molar-refractivity contribution in [2.45, 2.75) is 13.0 Å². The summed E-state index contributed by atoms with van der Waals surface area (Å²) in [5.41, 5.74) is 2.57. The summed E-state index contributed by atoms with van der Waals surface area (Å²) in [6.45, 7) is 1.98. The molecule has 0 radical (unpaired) electrons. The minimum Gasteiger partial charge on any atom is -0.231 e. The van der Waals surface area contributed by atoms with Crippen LogP contribution in [0.15, 0.2) is 35.7 Å². The van der Waals surface area contributed by atoms with Gasteiger partial charge in [-0.3, -0.25) is 0 Å². The molecule has 0 atom stereocenters. The van der Waals surface area contributed by atoms with E-state index in [0.29, 0.717) is 0 Å². The minimum atomic E-state index is 0.858. The van der Waals surface area contributed by atoms with Crippen LogP contribution in [0.5, 0.6) is 0 Å². The molecule has 2 heterocycles. The van der Waals surface area contributed by atoms with Crippen LogP contribution < -0.4 is 0 Å². The quantitative estimate of drug-likeness (QED) is 0.728. The number of thiophene rings is 1. The Balaban J connectivity index is 1.86. The van der Waals surface area contributed by atoms with Gasteiger partial charge in [0.05, 0.1) is 10.6 Å². The fourth-order valence-electron chi connectivity index (χ4n) is 2.15. The third-order valence-electron chi connectivity index (χ3n) is 3.06. The molecule has 1 aromatic carbocycles. The summed E-state index contributed by atoms with van der Waals surface area (Å²) in [5, 5.41) is 3.03. The third-order valence-corrected chi connectivity index (χ3v) is 4.42. The topological polar surface area (TPSA) is 3.01 Å². The summed E-state index contributed by atoms with van der Waals surface area (Å²) in [4.78, 5) is 1.50. The van der Waals surface area contributed by atoms with E-state index < -0.39 is 0 Å². The van der Waals surface area contributed by atoms with Crippen LogP contribution in [0.2, 0.25) is 5.02 Å². The normalized spacial score (nSPS) is 14.3. The lowest BCUT2D eigenvalue weighted by Gasteiger charge is -2.09. The number of rotatable bonds is 2. The lowest BCUT2D eigenvalue weighted by Crippen LogP contribution is -2.21. The Morgan fingerprint density at radius 3 is 3.00 bits per heavy atom. The Kier molecular flexibility index (Phi) is 3.00. The molecule has 1 aliphatic heterocycles. The molecule has 0 N–H and O–H groups in total. The lowest BCUT2D eigenvalue weighted by atomic mass is 10.1. The van der Waals surface area contributed by atoms with Crippen molar-refractivity contribution in [3.63, 3.8) is 0 Å². The molecule has 0 saturated heterocycles. The predicted molar refractivity (Wildman–Crippen MR) is 73.5 cm³/mol. The summed E-state index contributed by atoms with van der Waals surface area (Å²) < 4.78 is 2.34. The van der Waals surface area contributed by atoms with Gasteiger partial charge in [0.15, 0.2) is 12.8 Å². The smallest absolute Gasteiger partial charge is 0.172 e. The first kappa shape index (κ1) is 11.0. The third kappa shape index (κ3) is 2.28. The predicted octanol–water partition coefficient (Wildman–Crippen LogP) is 3.59. The van der Waals surface area contributed by atoms with Gasteiger partial charge in [-0.2, -0.15) is 0 Å². The van der Waals surface area contributed by atoms with Gasteiger partial charge < -0.3 is 0 Å². The van der Waals surface area contributed by atoms with E-state index in [0.717, 1.165) is 24.5 Å². The highest BCUT2D eigenvalue weighted by Gasteiger charge is 2.17. The molecule has 0 unspecified atom stereocenters. The molecule has 86 valence electrons. The number of fused-ring (bicyclic) bond motifs is 1. The number of nitrogens with zero attached hydrogens (tertiary/aromatic N) is 1. The largest absolute Gasteiger partial charge is 0.231 e. The summed E-state index contributed by atoms with van der Waals surface area (Å²) in [6, 6.07) is 10.3. The molecule has 17 heavy (non-hydrogen) atoms. The van der Waals surface area contributed by atoms with Crippen LogP contribution in [0.25, 0.3) is 0 Å². The van der Waals surface area contributed by atoms with Crippen LogP contribution in [-0.4, -0.2) is 17.3 Å². The zero-order valence-corrected chi connectivity index (χ0v) is 11.0. The van der Waals surface area contributed by atoms with Crippen LogP contribution >= 0.6 is 22.9 Å². The van der Waals surface area contributed by atoms with Gasteiger partial charge in [0.1, 0.15) is 6.54 Å². The lowest BCUT2D eigenvalue weighted by molar-refractivity contribution is -0.540. The zero-order valence-electron chi connectivity index (χ0n) is 9.40. The van der Waals surface area contributed by atoms with Gasteiger partial charge in [-0.15, -0.1) is 11.3 Å². The van der Waals surface area contributed by atoms with E-state index in [1.807, 2.05) is 29.5 Å². The standard InChI is InChI=1S/C14H13ClNS/c15-13-4-2-1-3-11(13)9-16-7-5-14-12(10-16)6-8-17-14/h1-4,6,8,10H,5,7,9H2/q+1. The second-order valence-corrected chi connectivity index (χ2v) is 5.65. The van der Waals surface area contributed by atoms with Crippen molar-refractivity contribution >= 4 is 29.2 Å². The first-order valence-corrected chi connectivity index (χ1v) is 6.97. The van der Waals surface area contributed by atoms with Crippen LogP contribution in [-0.2, 0) is 13.0 Å². The molecule has 1 nitrogen and oxygen atoms in total. The molecular formula is C14H13ClNS+. The zero-order chi connectivity index (χ0) is 11.7. The van der Waals surface area contributed by atoms with Crippen LogP contribution in [0.1, 0.15) is 16.0 Å². The molecule has 0 saturated carbocycles. The SMILES string of the molecule is Clc1ccccc1C[N+]1=Cc2ccsc2CC1.